The van der Waals surface area contributed by atoms with E-state index in [1.807, 2.05) is 16.7 Å². The van der Waals surface area contributed by atoms with Crippen molar-refractivity contribution in [2.75, 3.05) is 17.7 Å². The van der Waals surface area contributed by atoms with Crippen LogP contribution in [0.1, 0.15) is 60.3 Å². The number of nitrogens with zero attached hydrogens (tertiary/aromatic N) is 3. The number of hydrogen-bond donors (Lipinski definition) is 1. The fourth-order valence-electron chi connectivity index (χ4n) is 3.98. The number of fused-ring (bicyclic) bond motifs is 1. The summed E-state index contributed by atoms with van der Waals surface area (Å²) in [5, 5.41) is 12.8. The summed E-state index contributed by atoms with van der Waals surface area (Å²) in [5.41, 5.74) is 1.57. The highest BCUT2D eigenvalue weighted by molar-refractivity contribution is 9.10. The van der Waals surface area contributed by atoms with Crippen molar-refractivity contribution in [2.45, 2.75) is 64.1 Å². The van der Waals surface area contributed by atoms with E-state index < -0.39 is 0 Å². The third-order valence-electron chi connectivity index (χ3n) is 5.44. The molecule has 0 spiro atoms. The first-order valence-electron chi connectivity index (χ1n) is 11.4. The molecule has 0 radical (unpaired) electrons. The van der Waals surface area contributed by atoms with Gasteiger partial charge < -0.3 is 14.5 Å². The number of furan rings is 1. The smallest absolute Gasteiger partial charge is 0.341 e. The number of aromatic nitrogens is 3. The fraction of sp³-hybridized carbons (Fsp3) is 0.478. The van der Waals surface area contributed by atoms with Gasteiger partial charge in [0.2, 0.25) is 11.7 Å². The van der Waals surface area contributed by atoms with Crippen molar-refractivity contribution in [1.29, 1.82) is 0 Å². The quantitative estimate of drug-likeness (QED) is 0.194. The molecule has 11 heteroatoms. The minimum absolute atomic E-state index is 0.147. The highest BCUT2D eigenvalue weighted by Gasteiger charge is 2.27. The molecule has 0 unspecified atom stereocenters. The van der Waals surface area contributed by atoms with Crippen molar-refractivity contribution in [3.8, 4) is 11.6 Å². The minimum Gasteiger partial charge on any atom is -0.462 e. The highest BCUT2D eigenvalue weighted by Crippen LogP contribution is 2.38. The lowest BCUT2D eigenvalue weighted by molar-refractivity contribution is -0.113. The molecule has 1 N–H and O–H groups in total. The minimum atomic E-state index is -0.359. The molecule has 0 atom stereocenters. The van der Waals surface area contributed by atoms with Crippen LogP contribution in [-0.2, 0) is 28.9 Å². The van der Waals surface area contributed by atoms with Crippen LogP contribution in [0.25, 0.3) is 11.6 Å². The van der Waals surface area contributed by atoms with Gasteiger partial charge in [-0.1, -0.05) is 25.1 Å². The maximum absolute atomic E-state index is 12.9. The molecule has 0 saturated heterocycles. The van der Waals surface area contributed by atoms with Crippen molar-refractivity contribution in [1.82, 2.24) is 14.8 Å². The second-order valence-electron chi connectivity index (χ2n) is 7.89. The predicted octanol–water partition coefficient (Wildman–Crippen LogP) is 5.95. The number of anilines is 1. The Bertz CT molecular complexity index is 1170. The third-order valence-corrected chi connectivity index (χ3v) is 8.04. The molecular formula is C23H27BrN4O4S2. The molecule has 34 heavy (non-hydrogen) atoms. The Morgan fingerprint density at radius 3 is 2.79 bits per heavy atom. The van der Waals surface area contributed by atoms with Crippen LogP contribution >= 0.6 is 39.0 Å². The molecule has 0 bridgehead atoms. The first-order valence-corrected chi connectivity index (χ1v) is 14.0. The second-order valence-corrected chi connectivity index (χ2v) is 10.7. The van der Waals surface area contributed by atoms with Gasteiger partial charge >= 0.3 is 5.97 Å². The molecule has 3 aromatic rings. The Balaban J connectivity index is 1.50. The highest BCUT2D eigenvalue weighted by atomic mass is 79.9. The SMILES string of the molecule is CCCn1c(SCC(=O)Nc2sc3c(c2C(=O)OCC)CCCCC3)nnc1-c1ccc(Br)o1. The van der Waals surface area contributed by atoms with E-state index in [4.69, 9.17) is 9.15 Å². The number of ether oxygens (including phenoxy) is 1. The average Bonchev–Trinajstić information content (AvgIpc) is 3.45. The van der Waals surface area contributed by atoms with Gasteiger partial charge in [0.1, 0.15) is 5.00 Å². The molecular weight excluding hydrogens is 540 g/mol. The summed E-state index contributed by atoms with van der Waals surface area (Å²) in [6.07, 6.45) is 5.95. The Morgan fingerprint density at radius 1 is 1.24 bits per heavy atom. The van der Waals surface area contributed by atoms with Gasteiger partial charge in [-0.25, -0.2) is 4.79 Å². The lowest BCUT2D eigenvalue weighted by Gasteiger charge is -2.09. The number of carbonyl (C=O) groups is 2. The van der Waals surface area contributed by atoms with Crippen LogP contribution in [0.4, 0.5) is 5.00 Å². The number of thioether (sulfide) groups is 1. The van der Waals surface area contributed by atoms with E-state index in [0.717, 1.165) is 44.1 Å². The zero-order valence-electron chi connectivity index (χ0n) is 19.2. The molecule has 0 saturated carbocycles. The topological polar surface area (TPSA) is 99.2 Å². The first kappa shape index (κ1) is 25.0. The van der Waals surface area contributed by atoms with Crippen LogP contribution in [0.3, 0.4) is 0 Å². The number of esters is 1. The van der Waals surface area contributed by atoms with Crippen LogP contribution in [-0.4, -0.2) is 39.0 Å². The Kier molecular flexibility index (Phi) is 8.49. The van der Waals surface area contributed by atoms with Gasteiger partial charge in [-0.15, -0.1) is 21.5 Å². The van der Waals surface area contributed by atoms with Crippen molar-refractivity contribution < 1.29 is 18.7 Å². The molecule has 1 aliphatic carbocycles. The van der Waals surface area contributed by atoms with Gasteiger partial charge in [0, 0.05) is 11.4 Å². The van der Waals surface area contributed by atoms with E-state index >= 15 is 0 Å². The summed E-state index contributed by atoms with van der Waals surface area (Å²) in [6, 6.07) is 3.64. The van der Waals surface area contributed by atoms with Gasteiger partial charge in [-0.2, -0.15) is 0 Å². The van der Waals surface area contributed by atoms with Gasteiger partial charge in [0.05, 0.1) is 17.9 Å². The summed E-state index contributed by atoms with van der Waals surface area (Å²) < 4.78 is 13.5. The lowest BCUT2D eigenvalue weighted by atomic mass is 10.1. The van der Waals surface area contributed by atoms with Crippen molar-refractivity contribution >= 4 is 55.9 Å². The number of aryl methyl sites for hydroxylation is 1. The van der Waals surface area contributed by atoms with E-state index in [1.165, 1.54) is 28.0 Å². The predicted molar refractivity (Wildman–Crippen MR) is 137 cm³/mol. The second kappa shape index (κ2) is 11.5. The molecule has 1 amide bonds. The van der Waals surface area contributed by atoms with Crippen molar-refractivity contribution in [2.24, 2.45) is 0 Å². The van der Waals surface area contributed by atoms with E-state index in [0.29, 0.717) is 45.1 Å². The van der Waals surface area contributed by atoms with E-state index in [2.05, 4.69) is 38.4 Å². The summed E-state index contributed by atoms with van der Waals surface area (Å²) in [4.78, 5) is 26.8. The van der Waals surface area contributed by atoms with Crippen LogP contribution in [0.15, 0.2) is 26.4 Å². The average molecular weight is 568 g/mol. The number of halogens is 1. The number of rotatable bonds is 9. The van der Waals surface area contributed by atoms with E-state index in [9.17, 15) is 9.59 Å². The summed E-state index contributed by atoms with van der Waals surface area (Å²) in [7, 11) is 0. The molecule has 3 aromatic heterocycles. The van der Waals surface area contributed by atoms with Crippen LogP contribution < -0.4 is 5.32 Å². The third kappa shape index (κ3) is 5.58. The summed E-state index contributed by atoms with van der Waals surface area (Å²) in [5.74, 6) is 0.835. The van der Waals surface area contributed by atoms with Gasteiger partial charge in [0.25, 0.3) is 0 Å². The van der Waals surface area contributed by atoms with Crippen molar-refractivity contribution in [3.63, 3.8) is 0 Å². The monoisotopic (exact) mass is 566 g/mol. The van der Waals surface area contributed by atoms with Crippen LogP contribution in [0.5, 0.6) is 0 Å². The number of amides is 1. The Hall–Kier alpha value is -2.11. The number of nitrogens with one attached hydrogen (secondary N) is 1. The molecule has 1 aliphatic rings. The molecule has 8 nitrogen and oxygen atoms in total. The number of thiophene rings is 1. The molecule has 3 heterocycles. The van der Waals surface area contributed by atoms with Gasteiger partial charge in [0.15, 0.2) is 15.6 Å². The normalized spacial score (nSPS) is 13.4. The standard InChI is InChI=1S/C23H27BrN4O4S2/c1-3-12-28-20(15-10-11-17(24)32-15)26-27-23(28)33-13-18(29)25-21-19(22(30)31-4-2)14-8-6-5-7-9-16(14)34-21/h10-11H,3-9,12-13H2,1-2H3,(H,25,29). The molecule has 0 fully saturated rings. The largest absolute Gasteiger partial charge is 0.462 e. The number of carbonyl (C=O) groups excluding carboxylic acids is 2. The van der Waals surface area contributed by atoms with Crippen LogP contribution in [0.2, 0.25) is 0 Å². The van der Waals surface area contributed by atoms with Crippen molar-refractivity contribution in [3.05, 3.63) is 32.8 Å². The fourth-order valence-corrected chi connectivity index (χ4v) is 6.34. The van der Waals surface area contributed by atoms with Crippen LogP contribution in [0, 0.1) is 0 Å². The zero-order valence-corrected chi connectivity index (χ0v) is 22.4. The maximum atomic E-state index is 12.9. The Morgan fingerprint density at radius 2 is 2.06 bits per heavy atom. The summed E-state index contributed by atoms with van der Waals surface area (Å²) >= 11 is 6.13. The molecule has 0 aliphatic heterocycles. The molecule has 0 aromatic carbocycles. The molecule has 182 valence electrons. The van der Waals surface area contributed by atoms with Gasteiger partial charge in [-0.05, 0) is 72.7 Å². The van der Waals surface area contributed by atoms with E-state index in [-0.39, 0.29) is 17.6 Å². The van der Waals surface area contributed by atoms with Gasteiger partial charge in [-0.3, -0.25) is 9.36 Å². The summed E-state index contributed by atoms with van der Waals surface area (Å²) in [6.45, 7) is 4.87. The van der Waals surface area contributed by atoms with E-state index in [1.54, 1.807) is 6.92 Å². The molecule has 4 rings (SSSR count). The lowest BCUT2D eigenvalue weighted by Crippen LogP contribution is -2.17. The maximum Gasteiger partial charge on any atom is 0.341 e. The zero-order chi connectivity index (χ0) is 24.1. The Labute approximate surface area is 215 Å². The first-order chi connectivity index (χ1) is 16.5. The number of hydrogen-bond acceptors (Lipinski definition) is 8.